The molecule has 122 valence electrons. The molecule has 0 fully saturated rings. The van der Waals surface area contributed by atoms with E-state index in [-0.39, 0.29) is 11.7 Å². The fraction of sp³-hybridized carbons (Fsp3) is 0.286. The number of aryl methyl sites for hydroxylation is 1. The number of amides is 1. The second-order valence-corrected chi connectivity index (χ2v) is 6.57. The van der Waals surface area contributed by atoms with Crippen molar-refractivity contribution in [2.45, 2.75) is 32.6 Å². The molecule has 1 aliphatic heterocycles. The van der Waals surface area contributed by atoms with Crippen LogP contribution in [0.2, 0.25) is 0 Å². The van der Waals surface area contributed by atoms with Crippen LogP contribution in [0.25, 0.3) is 11.1 Å². The van der Waals surface area contributed by atoms with Gasteiger partial charge in [0.05, 0.1) is 5.56 Å². The summed E-state index contributed by atoms with van der Waals surface area (Å²) in [7, 11) is 0. The Kier molecular flexibility index (Phi) is 3.72. The first-order valence-corrected chi connectivity index (χ1v) is 8.59. The Hall–Kier alpha value is -2.42. The highest BCUT2D eigenvalue weighted by Crippen LogP contribution is 2.43. The fourth-order valence-corrected chi connectivity index (χ4v) is 3.90. The van der Waals surface area contributed by atoms with E-state index >= 15 is 0 Å². The van der Waals surface area contributed by atoms with Crippen molar-refractivity contribution in [2.24, 2.45) is 0 Å². The molecule has 0 saturated carbocycles. The summed E-state index contributed by atoms with van der Waals surface area (Å²) >= 11 is 0. The van der Waals surface area contributed by atoms with E-state index < -0.39 is 0 Å². The van der Waals surface area contributed by atoms with E-state index in [1.807, 2.05) is 0 Å². The number of allylic oxidation sites excluding steroid dienone is 1. The highest BCUT2D eigenvalue weighted by Gasteiger charge is 2.30. The minimum absolute atomic E-state index is 0.166. The number of hydrogen-bond donors (Lipinski definition) is 1. The minimum atomic E-state index is -0.334. The summed E-state index contributed by atoms with van der Waals surface area (Å²) in [5.41, 5.74) is 7.32. The molecule has 1 aliphatic carbocycles. The van der Waals surface area contributed by atoms with E-state index in [2.05, 4.69) is 36.5 Å². The highest BCUT2D eigenvalue weighted by molar-refractivity contribution is 6.07. The predicted molar refractivity (Wildman–Crippen MR) is 94.3 cm³/mol. The second-order valence-electron chi connectivity index (χ2n) is 6.57. The summed E-state index contributed by atoms with van der Waals surface area (Å²) in [4.78, 5) is 12.2. The summed E-state index contributed by atoms with van der Waals surface area (Å²) in [5.74, 6) is -0.500. The molecule has 1 N–H and O–H groups in total. The maximum Gasteiger partial charge on any atom is 0.252 e. The zero-order chi connectivity index (χ0) is 16.7. The molecule has 2 aromatic rings. The van der Waals surface area contributed by atoms with Crippen molar-refractivity contribution in [1.29, 1.82) is 0 Å². The molecule has 0 radical (unpaired) electrons. The molecular weight excluding hydrogens is 301 g/mol. The van der Waals surface area contributed by atoms with Crippen molar-refractivity contribution in [3.63, 3.8) is 0 Å². The smallest absolute Gasteiger partial charge is 0.252 e. The molecule has 0 saturated heterocycles. The largest absolute Gasteiger partial charge is 0.352 e. The van der Waals surface area contributed by atoms with E-state index in [1.165, 1.54) is 28.3 Å². The lowest BCUT2D eigenvalue weighted by Gasteiger charge is -2.08. The van der Waals surface area contributed by atoms with Crippen molar-refractivity contribution < 1.29 is 9.18 Å². The van der Waals surface area contributed by atoms with Gasteiger partial charge in [-0.25, -0.2) is 4.39 Å². The van der Waals surface area contributed by atoms with Gasteiger partial charge in [-0.05, 0) is 64.8 Å². The lowest BCUT2D eigenvalue weighted by Crippen LogP contribution is -2.23. The number of benzene rings is 2. The molecule has 1 amide bonds. The Bertz CT molecular complexity index is 849. The van der Waals surface area contributed by atoms with E-state index in [9.17, 15) is 9.18 Å². The summed E-state index contributed by atoms with van der Waals surface area (Å²) in [6.07, 6.45) is 3.72. The third-order valence-corrected chi connectivity index (χ3v) is 4.96. The minimum Gasteiger partial charge on any atom is -0.352 e. The third kappa shape index (κ3) is 2.44. The van der Waals surface area contributed by atoms with Gasteiger partial charge in [-0.15, -0.1) is 0 Å². The van der Waals surface area contributed by atoms with Crippen LogP contribution in [0.5, 0.6) is 0 Å². The summed E-state index contributed by atoms with van der Waals surface area (Å²) in [5, 5.41) is 2.88. The molecule has 2 aliphatic rings. The van der Waals surface area contributed by atoms with Crippen LogP contribution in [-0.4, -0.2) is 12.5 Å². The molecule has 4 rings (SSSR count). The maximum atomic E-state index is 13.9. The standard InChI is InChI=1S/C21H20FNO/c1-2-3-13-4-6-14(7-5-13)18-11-15-10-16(22)12-19-20(15)17(18)8-9-23-21(19)24/h4-7,10,12H,2-3,8-9,11H2,1H3,(H,23,24). The number of halogens is 1. The van der Waals surface area contributed by atoms with E-state index in [0.29, 0.717) is 18.5 Å². The maximum absolute atomic E-state index is 13.9. The van der Waals surface area contributed by atoms with Crippen LogP contribution in [-0.2, 0) is 12.8 Å². The van der Waals surface area contributed by atoms with Gasteiger partial charge in [0.1, 0.15) is 5.82 Å². The molecule has 2 nitrogen and oxygen atoms in total. The molecule has 0 bridgehead atoms. The Labute approximate surface area is 141 Å². The van der Waals surface area contributed by atoms with Crippen LogP contribution < -0.4 is 5.32 Å². The van der Waals surface area contributed by atoms with Gasteiger partial charge in [0.2, 0.25) is 0 Å². The Morgan fingerprint density at radius 3 is 2.67 bits per heavy atom. The van der Waals surface area contributed by atoms with Crippen LogP contribution in [0.15, 0.2) is 36.4 Å². The zero-order valence-corrected chi connectivity index (χ0v) is 13.8. The SMILES string of the molecule is CCCc1ccc(C2=C3CCNC(=O)c4cc(F)cc(c43)C2)cc1. The number of hydrogen-bond acceptors (Lipinski definition) is 1. The quantitative estimate of drug-likeness (QED) is 0.893. The summed E-state index contributed by atoms with van der Waals surface area (Å²) in [6.45, 7) is 2.78. The van der Waals surface area contributed by atoms with Crippen molar-refractivity contribution in [1.82, 2.24) is 5.32 Å². The van der Waals surface area contributed by atoms with Gasteiger partial charge < -0.3 is 5.32 Å². The van der Waals surface area contributed by atoms with Crippen molar-refractivity contribution in [2.75, 3.05) is 6.54 Å². The zero-order valence-electron chi connectivity index (χ0n) is 13.8. The topological polar surface area (TPSA) is 29.1 Å². The first-order valence-electron chi connectivity index (χ1n) is 8.59. The van der Waals surface area contributed by atoms with E-state index in [1.54, 1.807) is 6.07 Å². The van der Waals surface area contributed by atoms with Gasteiger partial charge in [0, 0.05) is 6.54 Å². The van der Waals surface area contributed by atoms with Crippen LogP contribution in [0.3, 0.4) is 0 Å². The predicted octanol–water partition coefficient (Wildman–Crippen LogP) is 4.38. The summed E-state index contributed by atoms with van der Waals surface area (Å²) < 4.78 is 13.9. The average Bonchev–Trinajstić information content (AvgIpc) is 2.84. The lowest BCUT2D eigenvalue weighted by atomic mass is 9.95. The molecule has 0 atom stereocenters. The Morgan fingerprint density at radius 1 is 1.12 bits per heavy atom. The molecule has 3 heteroatoms. The number of carbonyl (C=O) groups excluding carboxylic acids is 1. The number of nitrogens with one attached hydrogen (secondary N) is 1. The first-order chi connectivity index (χ1) is 11.7. The third-order valence-electron chi connectivity index (χ3n) is 4.96. The van der Waals surface area contributed by atoms with E-state index in [4.69, 9.17) is 0 Å². The molecule has 0 spiro atoms. The van der Waals surface area contributed by atoms with Gasteiger partial charge in [0.25, 0.3) is 5.91 Å². The highest BCUT2D eigenvalue weighted by atomic mass is 19.1. The van der Waals surface area contributed by atoms with Gasteiger partial charge >= 0.3 is 0 Å². The fourth-order valence-electron chi connectivity index (χ4n) is 3.90. The van der Waals surface area contributed by atoms with Crippen molar-refractivity contribution in [3.05, 3.63) is 70.0 Å². The lowest BCUT2D eigenvalue weighted by molar-refractivity contribution is 0.0955. The van der Waals surface area contributed by atoms with Gasteiger partial charge in [-0.2, -0.15) is 0 Å². The number of carbonyl (C=O) groups is 1. The Balaban J connectivity index is 1.82. The van der Waals surface area contributed by atoms with Gasteiger partial charge in [-0.3, -0.25) is 4.79 Å². The van der Waals surface area contributed by atoms with Crippen LogP contribution in [0, 0.1) is 5.82 Å². The van der Waals surface area contributed by atoms with E-state index in [0.717, 1.165) is 30.4 Å². The van der Waals surface area contributed by atoms with Gasteiger partial charge in [-0.1, -0.05) is 37.6 Å². The molecule has 1 heterocycles. The monoisotopic (exact) mass is 321 g/mol. The van der Waals surface area contributed by atoms with Crippen LogP contribution in [0.4, 0.5) is 4.39 Å². The van der Waals surface area contributed by atoms with Crippen LogP contribution >= 0.6 is 0 Å². The molecule has 0 aromatic heterocycles. The summed E-state index contributed by atoms with van der Waals surface area (Å²) in [6, 6.07) is 11.6. The first kappa shape index (κ1) is 15.1. The number of rotatable bonds is 3. The average molecular weight is 321 g/mol. The molecule has 24 heavy (non-hydrogen) atoms. The normalized spacial score (nSPS) is 16.0. The van der Waals surface area contributed by atoms with Crippen LogP contribution in [0.1, 0.15) is 52.4 Å². The molecular formula is C21H20FNO. The second kappa shape index (κ2) is 5.90. The molecule has 2 aromatic carbocycles. The van der Waals surface area contributed by atoms with Gasteiger partial charge in [0.15, 0.2) is 0 Å². The Morgan fingerprint density at radius 2 is 1.92 bits per heavy atom. The van der Waals surface area contributed by atoms with Crippen molar-refractivity contribution in [3.8, 4) is 0 Å². The molecule has 0 unspecified atom stereocenters. The van der Waals surface area contributed by atoms with Crippen molar-refractivity contribution >= 4 is 17.1 Å².